The van der Waals surface area contributed by atoms with E-state index in [-0.39, 0.29) is 10.5 Å². The zero-order valence-electron chi connectivity index (χ0n) is 19.7. The van der Waals surface area contributed by atoms with Gasteiger partial charge in [-0.2, -0.15) is 5.10 Å². The van der Waals surface area contributed by atoms with Gasteiger partial charge in [0.2, 0.25) is 0 Å². The van der Waals surface area contributed by atoms with Crippen molar-refractivity contribution in [3.63, 3.8) is 0 Å². The van der Waals surface area contributed by atoms with E-state index >= 15 is 0 Å². The van der Waals surface area contributed by atoms with Crippen LogP contribution in [0.2, 0.25) is 0 Å². The quantitative estimate of drug-likeness (QED) is 0.387. The second-order valence-electron chi connectivity index (χ2n) is 8.87. The molecule has 0 spiro atoms. The minimum atomic E-state index is -4.04. The van der Waals surface area contributed by atoms with Gasteiger partial charge in [0.15, 0.2) is 5.65 Å². The second kappa shape index (κ2) is 7.53. The number of rotatable bonds is 4. The van der Waals surface area contributed by atoms with Crippen molar-refractivity contribution in [1.29, 1.82) is 0 Å². The summed E-state index contributed by atoms with van der Waals surface area (Å²) in [6, 6.07) is 13.3. The molecular formula is C26H21N5O4S. The zero-order chi connectivity index (χ0) is 25.4. The molecule has 9 nitrogen and oxygen atoms in total. The van der Waals surface area contributed by atoms with Crippen molar-refractivity contribution in [1.82, 2.24) is 23.3 Å². The monoisotopic (exact) mass is 499 g/mol. The average molecular weight is 500 g/mol. The fraction of sp³-hybridized carbons (Fsp3) is 0.115. The Bertz CT molecular complexity index is 1960. The van der Waals surface area contributed by atoms with Crippen molar-refractivity contribution in [2.75, 3.05) is 0 Å². The third-order valence-electron chi connectivity index (χ3n) is 6.55. The molecule has 180 valence electrons. The lowest BCUT2D eigenvalue weighted by atomic mass is 10.1. The number of carbonyl (C=O) groups is 1. The fourth-order valence-corrected chi connectivity index (χ4v) is 6.23. The molecule has 10 heteroatoms. The van der Waals surface area contributed by atoms with E-state index in [1.54, 1.807) is 72.1 Å². The number of fused-ring (bicyclic) bond motifs is 4. The van der Waals surface area contributed by atoms with Crippen LogP contribution in [0.25, 0.3) is 44.1 Å². The van der Waals surface area contributed by atoms with Crippen LogP contribution in [0.15, 0.2) is 72.0 Å². The molecule has 6 aromatic rings. The molecule has 0 atom stereocenters. The summed E-state index contributed by atoms with van der Waals surface area (Å²) in [6.45, 7) is 1.90. The Balaban J connectivity index is 1.74. The maximum atomic E-state index is 14.1. The first kappa shape index (κ1) is 22.1. The van der Waals surface area contributed by atoms with Gasteiger partial charge in [0.05, 0.1) is 27.9 Å². The Morgan fingerprint density at radius 1 is 0.972 bits per heavy atom. The van der Waals surface area contributed by atoms with Gasteiger partial charge in [-0.05, 0) is 37.3 Å². The van der Waals surface area contributed by atoms with Crippen LogP contribution in [0.1, 0.15) is 15.9 Å². The highest BCUT2D eigenvalue weighted by Crippen LogP contribution is 2.38. The molecule has 0 aliphatic carbocycles. The number of aromatic nitrogens is 5. The normalized spacial score (nSPS) is 12.2. The molecule has 0 saturated carbocycles. The Hall–Kier alpha value is -4.44. The number of carboxylic acids is 1. The summed E-state index contributed by atoms with van der Waals surface area (Å²) >= 11 is 0. The maximum absolute atomic E-state index is 14.1. The lowest BCUT2D eigenvalue weighted by Gasteiger charge is -2.12. The third kappa shape index (κ3) is 3.07. The molecule has 0 saturated heterocycles. The SMILES string of the molecule is Cc1ccc(S(=O)(=O)n2c(-c3cn(C)c4cc(C(=O)O)ccc34)cc3c4c(cnc32)cnn4C)cc1. The molecule has 0 radical (unpaired) electrons. The van der Waals surface area contributed by atoms with Gasteiger partial charge in [0.1, 0.15) is 0 Å². The first-order valence-electron chi connectivity index (χ1n) is 11.1. The molecule has 4 aromatic heterocycles. The minimum Gasteiger partial charge on any atom is -0.478 e. The number of pyridine rings is 1. The molecule has 36 heavy (non-hydrogen) atoms. The van der Waals surface area contributed by atoms with Crippen molar-refractivity contribution in [3.8, 4) is 11.3 Å². The summed E-state index contributed by atoms with van der Waals surface area (Å²) in [5.74, 6) is -1.03. The highest BCUT2D eigenvalue weighted by molar-refractivity contribution is 7.90. The Kier molecular flexibility index (Phi) is 4.61. The van der Waals surface area contributed by atoms with Gasteiger partial charge in [-0.25, -0.2) is 22.2 Å². The van der Waals surface area contributed by atoms with E-state index in [2.05, 4.69) is 10.1 Å². The largest absolute Gasteiger partial charge is 0.478 e. The molecule has 0 aliphatic rings. The summed E-state index contributed by atoms with van der Waals surface area (Å²) < 4.78 is 32.9. The van der Waals surface area contributed by atoms with Crippen molar-refractivity contribution in [3.05, 3.63) is 78.2 Å². The Morgan fingerprint density at radius 3 is 2.44 bits per heavy atom. The molecule has 2 aromatic carbocycles. The van der Waals surface area contributed by atoms with Gasteiger partial charge in [-0.3, -0.25) is 4.68 Å². The molecule has 4 heterocycles. The maximum Gasteiger partial charge on any atom is 0.335 e. The van der Waals surface area contributed by atoms with Crippen LogP contribution in [0.3, 0.4) is 0 Å². The smallest absolute Gasteiger partial charge is 0.335 e. The van der Waals surface area contributed by atoms with E-state index in [1.807, 2.05) is 19.2 Å². The number of aromatic carboxylic acids is 1. The van der Waals surface area contributed by atoms with E-state index in [0.717, 1.165) is 21.9 Å². The van der Waals surface area contributed by atoms with Crippen LogP contribution in [-0.4, -0.2) is 42.8 Å². The van der Waals surface area contributed by atoms with Crippen molar-refractivity contribution < 1.29 is 18.3 Å². The highest BCUT2D eigenvalue weighted by atomic mass is 32.2. The zero-order valence-corrected chi connectivity index (χ0v) is 20.5. The molecule has 0 fully saturated rings. The first-order chi connectivity index (χ1) is 17.2. The highest BCUT2D eigenvalue weighted by Gasteiger charge is 2.28. The van der Waals surface area contributed by atoms with Gasteiger partial charge in [0, 0.05) is 53.7 Å². The van der Waals surface area contributed by atoms with Crippen molar-refractivity contribution >= 4 is 48.8 Å². The molecule has 1 N–H and O–H groups in total. The van der Waals surface area contributed by atoms with Gasteiger partial charge >= 0.3 is 5.97 Å². The number of hydrogen-bond donors (Lipinski definition) is 1. The van der Waals surface area contributed by atoms with E-state index in [9.17, 15) is 18.3 Å². The van der Waals surface area contributed by atoms with E-state index in [1.165, 1.54) is 10.0 Å². The van der Waals surface area contributed by atoms with Crippen LogP contribution < -0.4 is 0 Å². The van der Waals surface area contributed by atoms with E-state index in [0.29, 0.717) is 27.8 Å². The van der Waals surface area contributed by atoms with Crippen LogP contribution in [0, 0.1) is 6.92 Å². The number of carboxylic acid groups (broad SMARTS) is 1. The summed E-state index contributed by atoms with van der Waals surface area (Å²) in [6.07, 6.45) is 5.13. The lowest BCUT2D eigenvalue weighted by Crippen LogP contribution is -2.14. The van der Waals surface area contributed by atoms with Gasteiger partial charge in [-0.1, -0.05) is 23.8 Å². The standard InChI is InChI=1S/C26H21N5O4S/c1-15-4-7-18(8-5-15)36(34,35)31-23(11-20-24-17(12-27-25(20)31)13-28-30(24)3)21-14-29(2)22-10-16(26(32)33)6-9-19(21)22/h4-14H,1-3H3,(H,32,33). The topological polar surface area (TPSA) is 112 Å². The minimum absolute atomic E-state index is 0.146. The summed E-state index contributed by atoms with van der Waals surface area (Å²) in [7, 11) is -0.436. The number of benzene rings is 2. The Morgan fingerprint density at radius 2 is 1.72 bits per heavy atom. The molecule has 0 amide bonds. The molecule has 0 bridgehead atoms. The first-order valence-corrected chi connectivity index (χ1v) is 12.6. The summed E-state index contributed by atoms with van der Waals surface area (Å²) in [5, 5.41) is 15.9. The molecular weight excluding hydrogens is 478 g/mol. The van der Waals surface area contributed by atoms with Gasteiger partial charge < -0.3 is 9.67 Å². The third-order valence-corrected chi connectivity index (χ3v) is 8.27. The predicted molar refractivity (Wildman–Crippen MR) is 137 cm³/mol. The number of nitrogens with zero attached hydrogens (tertiary/aromatic N) is 5. The molecule has 6 rings (SSSR count). The second-order valence-corrected chi connectivity index (χ2v) is 10.7. The fourth-order valence-electron chi connectivity index (χ4n) is 4.76. The van der Waals surface area contributed by atoms with Gasteiger partial charge in [0.25, 0.3) is 10.0 Å². The number of hydrogen-bond acceptors (Lipinski definition) is 5. The van der Waals surface area contributed by atoms with E-state index in [4.69, 9.17) is 0 Å². The van der Waals surface area contributed by atoms with Crippen LogP contribution in [0.4, 0.5) is 0 Å². The van der Waals surface area contributed by atoms with Gasteiger partial charge in [-0.15, -0.1) is 0 Å². The summed E-state index contributed by atoms with van der Waals surface area (Å²) in [5.41, 5.74) is 3.92. The van der Waals surface area contributed by atoms with Crippen LogP contribution in [0.5, 0.6) is 0 Å². The lowest BCUT2D eigenvalue weighted by molar-refractivity contribution is 0.0697. The predicted octanol–water partition coefficient (Wildman–Crippen LogP) is 4.33. The van der Waals surface area contributed by atoms with Crippen LogP contribution in [-0.2, 0) is 24.1 Å². The number of aryl methyl sites for hydroxylation is 3. The Labute approximate surface area is 205 Å². The molecule has 0 aliphatic heterocycles. The van der Waals surface area contributed by atoms with E-state index < -0.39 is 16.0 Å². The van der Waals surface area contributed by atoms with Crippen molar-refractivity contribution in [2.45, 2.75) is 11.8 Å². The molecule has 0 unspecified atom stereocenters. The summed E-state index contributed by atoms with van der Waals surface area (Å²) in [4.78, 5) is 16.2. The van der Waals surface area contributed by atoms with Crippen LogP contribution >= 0.6 is 0 Å². The average Bonchev–Trinajstić information content (AvgIpc) is 3.52. The van der Waals surface area contributed by atoms with Crippen molar-refractivity contribution in [2.24, 2.45) is 14.1 Å².